The largest absolute Gasteiger partial charge is 0.382 e. The Morgan fingerprint density at radius 1 is 1.35 bits per heavy atom. The minimum Gasteiger partial charge on any atom is -0.382 e. The normalized spacial score (nSPS) is 12.6. The number of hydrogen-bond donors (Lipinski definition) is 2. The Balaban J connectivity index is 2.38. The molecule has 1 rings (SSSR count). The van der Waals surface area contributed by atoms with Crippen LogP contribution in [0.4, 0.5) is 4.39 Å². The molecule has 5 heteroatoms. The van der Waals surface area contributed by atoms with Gasteiger partial charge in [0.2, 0.25) is 0 Å². The van der Waals surface area contributed by atoms with Crippen molar-refractivity contribution < 1.29 is 13.9 Å². The molecule has 0 bridgehead atoms. The quantitative estimate of drug-likeness (QED) is 0.403. The van der Waals surface area contributed by atoms with Crippen molar-refractivity contribution in [1.29, 1.82) is 0 Å². The number of nitrogens with two attached hydrogens (primary N) is 1. The molecule has 1 atom stereocenters. The average Bonchev–Trinajstić information content (AvgIpc) is 2.35. The third-order valence-electron chi connectivity index (χ3n) is 2.41. The van der Waals surface area contributed by atoms with E-state index in [0.29, 0.717) is 31.8 Å². The van der Waals surface area contributed by atoms with Gasteiger partial charge < -0.3 is 9.47 Å². The lowest BCUT2D eigenvalue weighted by atomic mass is 10.1. The molecule has 0 aliphatic heterocycles. The predicted octanol–water partition coefficient (Wildman–Crippen LogP) is 0.863. The van der Waals surface area contributed by atoms with E-state index in [9.17, 15) is 4.39 Å². The van der Waals surface area contributed by atoms with Crippen molar-refractivity contribution in [3.05, 3.63) is 35.6 Å². The summed E-state index contributed by atoms with van der Waals surface area (Å²) in [6, 6.07) is 6.55. The van der Waals surface area contributed by atoms with Crippen LogP contribution < -0.4 is 11.3 Å². The lowest BCUT2D eigenvalue weighted by molar-refractivity contribution is 0.0586. The Bertz CT molecular complexity index is 323. The number of ether oxygens (including phenoxy) is 2. The molecule has 4 nitrogen and oxygen atoms in total. The molecule has 1 aromatic rings. The van der Waals surface area contributed by atoms with Gasteiger partial charge in [0.05, 0.1) is 19.8 Å². The van der Waals surface area contributed by atoms with E-state index < -0.39 is 0 Å². The van der Waals surface area contributed by atoms with E-state index in [1.54, 1.807) is 25.3 Å². The average molecular weight is 242 g/mol. The van der Waals surface area contributed by atoms with E-state index >= 15 is 0 Å². The maximum Gasteiger partial charge on any atom is 0.126 e. The van der Waals surface area contributed by atoms with Crippen LogP contribution in [-0.2, 0) is 15.9 Å². The summed E-state index contributed by atoms with van der Waals surface area (Å²) in [4.78, 5) is 0. The second kappa shape index (κ2) is 8.14. The van der Waals surface area contributed by atoms with Crippen LogP contribution >= 0.6 is 0 Å². The highest BCUT2D eigenvalue weighted by Crippen LogP contribution is 2.09. The molecule has 0 saturated heterocycles. The van der Waals surface area contributed by atoms with Gasteiger partial charge in [-0.3, -0.25) is 11.3 Å². The molecule has 17 heavy (non-hydrogen) atoms. The summed E-state index contributed by atoms with van der Waals surface area (Å²) in [7, 11) is 1.61. The molecule has 0 saturated carbocycles. The van der Waals surface area contributed by atoms with Gasteiger partial charge in [-0.1, -0.05) is 18.2 Å². The molecule has 0 spiro atoms. The molecule has 0 amide bonds. The van der Waals surface area contributed by atoms with Crippen molar-refractivity contribution in [2.75, 3.05) is 26.9 Å². The SMILES string of the molecule is COCCOCC(Cc1ccccc1F)NN. The van der Waals surface area contributed by atoms with Crippen LogP contribution in [0.3, 0.4) is 0 Å². The van der Waals surface area contributed by atoms with Crippen LogP contribution in [-0.4, -0.2) is 33.0 Å². The maximum atomic E-state index is 13.4. The minimum atomic E-state index is -0.218. The first-order valence-electron chi connectivity index (χ1n) is 5.54. The zero-order valence-electron chi connectivity index (χ0n) is 9.99. The summed E-state index contributed by atoms with van der Waals surface area (Å²) in [6.07, 6.45) is 0.496. The summed E-state index contributed by atoms with van der Waals surface area (Å²) in [6.45, 7) is 1.47. The highest BCUT2D eigenvalue weighted by molar-refractivity contribution is 5.18. The first kappa shape index (κ1) is 14.1. The Morgan fingerprint density at radius 3 is 2.76 bits per heavy atom. The van der Waals surface area contributed by atoms with Gasteiger partial charge in [0.1, 0.15) is 5.82 Å². The molecular weight excluding hydrogens is 223 g/mol. The third kappa shape index (κ3) is 5.23. The number of halogens is 1. The molecule has 0 fully saturated rings. The van der Waals surface area contributed by atoms with Crippen molar-refractivity contribution in [3.8, 4) is 0 Å². The van der Waals surface area contributed by atoms with Crippen LogP contribution in [0.15, 0.2) is 24.3 Å². The van der Waals surface area contributed by atoms with E-state index in [1.807, 2.05) is 0 Å². The van der Waals surface area contributed by atoms with E-state index in [2.05, 4.69) is 5.43 Å². The number of rotatable bonds is 8. The van der Waals surface area contributed by atoms with Crippen LogP contribution in [0.1, 0.15) is 5.56 Å². The fraction of sp³-hybridized carbons (Fsp3) is 0.500. The maximum absolute atomic E-state index is 13.4. The zero-order chi connectivity index (χ0) is 12.5. The topological polar surface area (TPSA) is 56.5 Å². The molecule has 96 valence electrons. The van der Waals surface area contributed by atoms with Gasteiger partial charge in [-0.15, -0.1) is 0 Å². The number of nitrogens with one attached hydrogen (secondary N) is 1. The number of methoxy groups -OCH3 is 1. The highest BCUT2D eigenvalue weighted by atomic mass is 19.1. The summed E-state index contributed by atoms with van der Waals surface area (Å²) < 4.78 is 23.6. The zero-order valence-corrected chi connectivity index (χ0v) is 9.99. The number of benzene rings is 1. The van der Waals surface area contributed by atoms with Gasteiger partial charge in [-0.2, -0.15) is 0 Å². The van der Waals surface area contributed by atoms with E-state index in [-0.39, 0.29) is 11.9 Å². The monoisotopic (exact) mass is 242 g/mol. The van der Waals surface area contributed by atoms with Gasteiger partial charge in [-0.25, -0.2) is 4.39 Å². The first-order chi connectivity index (χ1) is 8.27. The summed E-state index contributed by atoms with van der Waals surface area (Å²) >= 11 is 0. The fourth-order valence-electron chi connectivity index (χ4n) is 1.46. The Kier molecular flexibility index (Phi) is 6.73. The summed E-state index contributed by atoms with van der Waals surface area (Å²) in [5.41, 5.74) is 3.25. The van der Waals surface area contributed by atoms with Crippen molar-refractivity contribution in [2.24, 2.45) is 5.84 Å². The van der Waals surface area contributed by atoms with E-state index in [1.165, 1.54) is 6.07 Å². The molecule has 0 aromatic heterocycles. The summed E-state index contributed by atoms with van der Waals surface area (Å²) in [5, 5.41) is 0. The Morgan fingerprint density at radius 2 is 2.12 bits per heavy atom. The Labute approximate surface area is 101 Å². The number of hydrazine groups is 1. The van der Waals surface area contributed by atoms with Crippen molar-refractivity contribution in [1.82, 2.24) is 5.43 Å². The van der Waals surface area contributed by atoms with E-state index in [0.717, 1.165) is 0 Å². The van der Waals surface area contributed by atoms with E-state index in [4.69, 9.17) is 15.3 Å². The molecule has 1 aromatic carbocycles. The van der Waals surface area contributed by atoms with Gasteiger partial charge >= 0.3 is 0 Å². The first-order valence-corrected chi connectivity index (χ1v) is 5.54. The second-order valence-electron chi connectivity index (χ2n) is 3.73. The standard InChI is InChI=1S/C12H19FN2O2/c1-16-6-7-17-9-11(15-14)8-10-4-2-3-5-12(10)13/h2-5,11,15H,6-9,14H2,1H3. The van der Waals surface area contributed by atoms with Gasteiger partial charge in [0.15, 0.2) is 0 Å². The van der Waals surface area contributed by atoms with Crippen molar-refractivity contribution in [3.63, 3.8) is 0 Å². The van der Waals surface area contributed by atoms with Crippen LogP contribution in [0.2, 0.25) is 0 Å². The van der Waals surface area contributed by atoms with Crippen LogP contribution in [0, 0.1) is 5.82 Å². The second-order valence-corrected chi connectivity index (χ2v) is 3.73. The van der Waals surface area contributed by atoms with Crippen LogP contribution in [0.5, 0.6) is 0 Å². The van der Waals surface area contributed by atoms with Gasteiger partial charge in [0, 0.05) is 13.2 Å². The number of hydrogen-bond acceptors (Lipinski definition) is 4. The fourth-order valence-corrected chi connectivity index (χ4v) is 1.46. The van der Waals surface area contributed by atoms with Gasteiger partial charge in [0.25, 0.3) is 0 Å². The highest BCUT2D eigenvalue weighted by Gasteiger charge is 2.10. The Hall–Kier alpha value is -1.01. The molecule has 0 radical (unpaired) electrons. The predicted molar refractivity (Wildman–Crippen MR) is 63.9 cm³/mol. The smallest absolute Gasteiger partial charge is 0.126 e. The molecule has 0 heterocycles. The third-order valence-corrected chi connectivity index (χ3v) is 2.41. The van der Waals surface area contributed by atoms with Crippen LogP contribution in [0.25, 0.3) is 0 Å². The lowest BCUT2D eigenvalue weighted by Gasteiger charge is -2.16. The molecule has 1 unspecified atom stereocenters. The minimum absolute atomic E-state index is 0.108. The molecule has 3 N–H and O–H groups in total. The molecule has 0 aliphatic carbocycles. The van der Waals surface area contributed by atoms with Gasteiger partial charge in [-0.05, 0) is 18.1 Å². The molecular formula is C12H19FN2O2. The van der Waals surface area contributed by atoms with Crippen molar-refractivity contribution in [2.45, 2.75) is 12.5 Å². The van der Waals surface area contributed by atoms with Crippen molar-refractivity contribution >= 4 is 0 Å². The summed E-state index contributed by atoms with van der Waals surface area (Å²) in [5.74, 6) is 5.18. The molecule has 0 aliphatic rings. The lowest BCUT2D eigenvalue weighted by Crippen LogP contribution is -2.40.